The zero-order valence-electron chi connectivity index (χ0n) is 9.96. The zero-order chi connectivity index (χ0) is 15.7. The van der Waals surface area contributed by atoms with Crippen molar-refractivity contribution in [2.75, 3.05) is 19.0 Å². The van der Waals surface area contributed by atoms with Gasteiger partial charge in [-0.15, -0.1) is 8.39 Å². The number of pyridine rings is 1. The highest BCUT2D eigenvalue weighted by Gasteiger charge is 2.05. The van der Waals surface area contributed by atoms with Crippen LogP contribution in [0.3, 0.4) is 0 Å². The van der Waals surface area contributed by atoms with Gasteiger partial charge in [0.25, 0.3) is 0 Å². The number of anilines is 1. The second kappa shape index (κ2) is 9.08. The van der Waals surface area contributed by atoms with Crippen LogP contribution in [-0.4, -0.2) is 38.7 Å². The van der Waals surface area contributed by atoms with Crippen LogP contribution in [0.25, 0.3) is 0 Å². The lowest BCUT2D eigenvalue weighted by molar-refractivity contribution is 0.320. The van der Waals surface area contributed by atoms with Crippen molar-refractivity contribution < 1.29 is 37.1 Å². The Morgan fingerprint density at radius 1 is 1.00 bits per heavy atom. The highest BCUT2D eigenvalue weighted by atomic mass is 31.2. The van der Waals surface area contributed by atoms with Crippen LogP contribution in [0.5, 0.6) is 0 Å². The maximum absolute atomic E-state index is 10.4. The Bertz CT molecular complexity index is 398. The molecule has 0 atom stereocenters. The van der Waals surface area contributed by atoms with Crippen LogP contribution < -0.4 is 4.90 Å². The molecule has 0 fully saturated rings. The van der Waals surface area contributed by atoms with Crippen LogP contribution >= 0.6 is 15.8 Å². The van der Waals surface area contributed by atoms with E-state index in [1.54, 1.807) is 12.4 Å². The average molecular weight is 322 g/mol. The summed E-state index contributed by atoms with van der Waals surface area (Å²) in [6.45, 7) is 0. The van der Waals surface area contributed by atoms with Crippen LogP contribution in [0.4, 0.5) is 14.1 Å². The molecule has 0 spiro atoms. The third kappa shape index (κ3) is 31.6. The molecule has 1 aromatic heterocycles. The first-order valence-electron chi connectivity index (χ1n) is 4.38. The van der Waals surface area contributed by atoms with E-state index in [2.05, 4.69) is 4.98 Å². The number of nitrogens with zero attached hydrogens (tertiary/aromatic N) is 2. The monoisotopic (exact) mass is 322 g/mol. The predicted octanol–water partition coefficient (Wildman–Crippen LogP) is 1.24. The molecule has 0 aliphatic rings. The van der Waals surface area contributed by atoms with Gasteiger partial charge in [0.15, 0.2) is 0 Å². The Labute approximate surface area is 108 Å². The maximum atomic E-state index is 10.4. The molecule has 112 valence electrons. The molecule has 0 aromatic carbocycles. The van der Waals surface area contributed by atoms with Gasteiger partial charge >= 0.3 is 15.8 Å². The number of halogens is 2. The summed E-state index contributed by atoms with van der Waals surface area (Å²) < 4.78 is 38.0. The average Bonchev–Trinajstić information content (AvgIpc) is 2.13. The molecule has 12 heteroatoms. The summed E-state index contributed by atoms with van der Waals surface area (Å²) in [6, 6.07) is 3.94. The number of rotatable bonds is 1. The maximum Gasteiger partial charge on any atom is 0.507 e. The molecular weight excluding hydrogens is 308 g/mol. The Morgan fingerprint density at radius 3 is 1.42 bits per heavy atom. The first-order chi connectivity index (χ1) is 8.30. The Kier molecular flexibility index (Phi) is 9.77. The van der Waals surface area contributed by atoms with Crippen molar-refractivity contribution in [3.63, 3.8) is 0 Å². The van der Waals surface area contributed by atoms with Crippen molar-refractivity contribution >= 4 is 21.5 Å². The Hall–Kier alpha value is -0.890. The fourth-order valence-electron chi connectivity index (χ4n) is 0.642. The topological polar surface area (TPSA) is 131 Å². The van der Waals surface area contributed by atoms with Crippen LogP contribution in [0.1, 0.15) is 0 Å². The summed E-state index contributed by atoms with van der Waals surface area (Å²) in [4.78, 5) is 33.8. The summed E-state index contributed by atoms with van der Waals surface area (Å²) in [5.74, 6) is 0. The number of hydrogen-bond donors (Lipinski definition) is 4. The van der Waals surface area contributed by atoms with E-state index in [1.807, 2.05) is 31.1 Å². The molecule has 1 aromatic rings. The van der Waals surface area contributed by atoms with Gasteiger partial charge in [0, 0.05) is 32.2 Å². The van der Waals surface area contributed by atoms with Crippen LogP contribution in [-0.2, 0) is 9.13 Å². The molecule has 8 nitrogen and oxygen atoms in total. The first-order valence-corrected chi connectivity index (χ1v) is 7.39. The van der Waals surface area contributed by atoms with E-state index in [1.165, 1.54) is 5.69 Å². The molecule has 0 aliphatic carbocycles. The Morgan fingerprint density at radius 2 is 1.26 bits per heavy atom. The van der Waals surface area contributed by atoms with Crippen molar-refractivity contribution in [2.24, 2.45) is 0 Å². The van der Waals surface area contributed by atoms with Gasteiger partial charge in [0.05, 0.1) is 0 Å². The van der Waals surface area contributed by atoms with E-state index < -0.39 is 15.8 Å². The van der Waals surface area contributed by atoms with E-state index in [9.17, 15) is 8.39 Å². The molecule has 0 aliphatic heterocycles. The van der Waals surface area contributed by atoms with Gasteiger partial charge in [-0.1, -0.05) is 0 Å². The smallest absolute Gasteiger partial charge is 0.378 e. The van der Waals surface area contributed by atoms with Crippen molar-refractivity contribution in [2.45, 2.75) is 0 Å². The third-order valence-electron chi connectivity index (χ3n) is 1.18. The van der Waals surface area contributed by atoms with E-state index in [0.717, 1.165) is 0 Å². The first kappa shape index (κ1) is 20.4. The van der Waals surface area contributed by atoms with Gasteiger partial charge in [-0.3, -0.25) is 24.6 Å². The lowest BCUT2D eigenvalue weighted by Crippen LogP contribution is -2.07. The minimum Gasteiger partial charge on any atom is -0.378 e. The summed E-state index contributed by atoms with van der Waals surface area (Å²) in [7, 11) is -6.26. The van der Waals surface area contributed by atoms with Crippen LogP contribution in [0.2, 0.25) is 0 Å². The molecule has 1 heterocycles. The van der Waals surface area contributed by atoms with Crippen LogP contribution in [0.15, 0.2) is 24.5 Å². The number of hydrogen-bond acceptors (Lipinski definition) is 4. The normalized spacial score (nSPS) is 10.5. The molecule has 0 radical (unpaired) electrons. The van der Waals surface area contributed by atoms with Gasteiger partial charge < -0.3 is 4.90 Å². The molecule has 0 saturated carbocycles. The molecule has 0 unspecified atom stereocenters. The molecule has 0 saturated heterocycles. The Balaban J connectivity index is 0. The molecule has 19 heavy (non-hydrogen) atoms. The fourth-order valence-corrected chi connectivity index (χ4v) is 0.642. The van der Waals surface area contributed by atoms with Gasteiger partial charge in [-0.25, -0.2) is 9.13 Å². The van der Waals surface area contributed by atoms with Crippen molar-refractivity contribution in [1.29, 1.82) is 0 Å². The van der Waals surface area contributed by atoms with Crippen molar-refractivity contribution in [3.05, 3.63) is 24.5 Å². The molecule has 4 N–H and O–H groups in total. The minimum atomic E-state index is -5.14. The van der Waals surface area contributed by atoms with Gasteiger partial charge in [0.1, 0.15) is 0 Å². The van der Waals surface area contributed by atoms with E-state index in [0.29, 0.717) is 0 Å². The van der Waals surface area contributed by atoms with Crippen molar-refractivity contribution in [3.8, 4) is 0 Å². The summed E-state index contributed by atoms with van der Waals surface area (Å²) >= 11 is 0. The second-order valence-corrected chi connectivity index (χ2v) is 4.94. The largest absolute Gasteiger partial charge is 0.507 e. The van der Waals surface area contributed by atoms with Crippen molar-refractivity contribution in [1.82, 2.24) is 4.98 Å². The van der Waals surface area contributed by atoms with E-state index in [4.69, 9.17) is 28.7 Å². The zero-order valence-corrected chi connectivity index (χ0v) is 11.7. The summed E-state index contributed by atoms with van der Waals surface area (Å²) in [6.07, 6.45) is 3.57. The summed E-state index contributed by atoms with van der Waals surface area (Å²) in [5.41, 5.74) is 1.19. The molecule has 0 bridgehead atoms. The van der Waals surface area contributed by atoms with E-state index in [-0.39, 0.29) is 0 Å². The lowest BCUT2D eigenvalue weighted by atomic mass is 10.4. The molecule has 0 amide bonds. The standard InChI is InChI=1S/C7H10N2.2FH2O3P/c1-9(2)7-3-5-8-6-4-7;2*1-5(2,3)4/h3-6H,1-2H3;2*(H2,2,3,4). The van der Waals surface area contributed by atoms with Crippen LogP contribution in [0, 0.1) is 0 Å². The van der Waals surface area contributed by atoms with Gasteiger partial charge in [-0.2, -0.15) is 0 Å². The fraction of sp³-hybridized carbons (Fsp3) is 0.286. The summed E-state index contributed by atoms with van der Waals surface area (Å²) in [5, 5.41) is 0. The second-order valence-electron chi connectivity index (χ2n) is 3.05. The number of aromatic nitrogens is 1. The quantitative estimate of drug-likeness (QED) is 0.568. The SMILES string of the molecule is CN(C)c1ccncc1.O=P(O)(O)F.O=P(O)(O)F. The minimum absolute atomic E-state index is 1.19. The highest BCUT2D eigenvalue weighted by molar-refractivity contribution is 7.46. The van der Waals surface area contributed by atoms with E-state index >= 15 is 0 Å². The lowest BCUT2D eigenvalue weighted by Gasteiger charge is -2.10. The van der Waals surface area contributed by atoms with Gasteiger partial charge in [0.2, 0.25) is 0 Å². The molecule has 1 rings (SSSR count). The highest BCUT2D eigenvalue weighted by Crippen LogP contribution is 2.35. The molecular formula is C7H14F2N2O6P2. The predicted molar refractivity (Wildman–Crippen MR) is 64.9 cm³/mol. The van der Waals surface area contributed by atoms with Gasteiger partial charge in [-0.05, 0) is 12.1 Å². The third-order valence-corrected chi connectivity index (χ3v) is 1.18.